The second-order valence-electron chi connectivity index (χ2n) is 4.74. The molecular weight excluding hydrogens is 218 g/mol. The third-order valence-electron chi connectivity index (χ3n) is 3.58. The molecule has 5 nitrogen and oxygen atoms in total. The maximum Gasteiger partial charge on any atom is 0.246 e. The summed E-state index contributed by atoms with van der Waals surface area (Å²) >= 11 is 0. The molecule has 0 bridgehead atoms. The molecular formula is C12H23N3O2. The minimum absolute atomic E-state index is 0.0946. The van der Waals surface area contributed by atoms with Crippen molar-refractivity contribution in [1.29, 1.82) is 0 Å². The van der Waals surface area contributed by atoms with Gasteiger partial charge in [-0.25, -0.2) is 0 Å². The number of hydrogen-bond acceptors (Lipinski definition) is 4. The van der Waals surface area contributed by atoms with E-state index >= 15 is 0 Å². The number of nitrogens with one attached hydrogen (secondary N) is 1. The zero-order valence-electron chi connectivity index (χ0n) is 11.2. The first-order valence-electron chi connectivity index (χ1n) is 6.21. The first-order valence-corrected chi connectivity index (χ1v) is 6.21. The van der Waals surface area contributed by atoms with E-state index in [0.717, 1.165) is 19.5 Å². The Morgan fingerprint density at radius 2 is 2.18 bits per heavy atom. The second-order valence-corrected chi connectivity index (χ2v) is 4.74. The van der Waals surface area contributed by atoms with Gasteiger partial charge >= 0.3 is 0 Å². The van der Waals surface area contributed by atoms with Gasteiger partial charge in [-0.2, -0.15) is 0 Å². The molecule has 0 aromatic rings. The van der Waals surface area contributed by atoms with Crippen molar-refractivity contribution in [2.75, 3.05) is 27.2 Å². The Morgan fingerprint density at radius 3 is 2.65 bits per heavy atom. The molecule has 17 heavy (non-hydrogen) atoms. The predicted octanol–water partition coefficient (Wildman–Crippen LogP) is 0.0636. The largest absolute Gasteiger partial charge is 0.304 e. The van der Waals surface area contributed by atoms with Gasteiger partial charge in [-0.05, 0) is 20.4 Å². The van der Waals surface area contributed by atoms with Crippen molar-refractivity contribution in [1.82, 2.24) is 15.1 Å². The average molecular weight is 241 g/mol. The van der Waals surface area contributed by atoms with Crippen LogP contribution in [0.4, 0.5) is 0 Å². The summed E-state index contributed by atoms with van der Waals surface area (Å²) in [6.07, 6.45) is 1.41. The summed E-state index contributed by atoms with van der Waals surface area (Å²) in [7, 11) is 3.61. The second kappa shape index (κ2) is 6.12. The van der Waals surface area contributed by atoms with E-state index in [-0.39, 0.29) is 17.9 Å². The lowest BCUT2D eigenvalue weighted by Gasteiger charge is -2.24. The van der Waals surface area contributed by atoms with Crippen molar-refractivity contribution in [2.45, 2.75) is 38.8 Å². The third kappa shape index (κ3) is 3.51. The van der Waals surface area contributed by atoms with Crippen LogP contribution >= 0.6 is 0 Å². The van der Waals surface area contributed by atoms with Gasteiger partial charge in [0.25, 0.3) is 0 Å². The normalized spacial score (nSPS) is 22.6. The maximum atomic E-state index is 11.6. The molecule has 1 saturated heterocycles. The fourth-order valence-electron chi connectivity index (χ4n) is 1.86. The third-order valence-corrected chi connectivity index (χ3v) is 3.58. The molecule has 5 heteroatoms. The number of likely N-dealkylation sites (N-methyl/N-ethyl adjacent to an activating group) is 2. The molecule has 1 aliphatic rings. The lowest BCUT2D eigenvalue weighted by molar-refractivity contribution is -0.137. The van der Waals surface area contributed by atoms with E-state index in [1.54, 1.807) is 0 Å². The molecule has 1 heterocycles. The van der Waals surface area contributed by atoms with Gasteiger partial charge in [0.15, 0.2) is 0 Å². The number of likely N-dealkylation sites (tertiary alicyclic amines) is 1. The van der Waals surface area contributed by atoms with Crippen LogP contribution in [-0.4, -0.2) is 60.9 Å². The van der Waals surface area contributed by atoms with Crippen LogP contribution < -0.4 is 5.32 Å². The standard InChI is InChI=1S/C12H23N3O2/c1-5-9(2)14(3)7-6-13-10-8-11(16)15(4)12(10)17/h9-10,13H,5-8H2,1-4H3. The molecule has 0 aromatic heterocycles. The Bertz CT molecular complexity index is 293. The quantitative estimate of drug-likeness (QED) is 0.668. The van der Waals surface area contributed by atoms with Crippen LogP contribution in [0, 0.1) is 0 Å². The minimum atomic E-state index is -0.321. The van der Waals surface area contributed by atoms with E-state index in [9.17, 15) is 9.59 Å². The molecule has 0 radical (unpaired) electrons. The lowest BCUT2D eigenvalue weighted by Crippen LogP contribution is -2.42. The van der Waals surface area contributed by atoms with Crippen LogP contribution in [0.3, 0.4) is 0 Å². The summed E-state index contributed by atoms with van der Waals surface area (Å²) in [5, 5.41) is 3.15. The smallest absolute Gasteiger partial charge is 0.246 e. The van der Waals surface area contributed by atoms with Gasteiger partial charge in [0.05, 0.1) is 12.5 Å². The van der Waals surface area contributed by atoms with Gasteiger partial charge in [0.1, 0.15) is 0 Å². The number of rotatable bonds is 6. The summed E-state index contributed by atoms with van der Waals surface area (Å²) in [5.41, 5.74) is 0. The molecule has 2 atom stereocenters. The van der Waals surface area contributed by atoms with Crippen LogP contribution in [0.5, 0.6) is 0 Å². The Hall–Kier alpha value is -0.940. The Balaban J connectivity index is 2.28. The highest BCUT2D eigenvalue weighted by atomic mass is 16.2. The monoisotopic (exact) mass is 241 g/mol. The van der Waals surface area contributed by atoms with E-state index < -0.39 is 0 Å². The molecule has 1 N–H and O–H groups in total. The minimum Gasteiger partial charge on any atom is -0.304 e. The highest BCUT2D eigenvalue weighted by Gasteiger charge is 2.35. The highest BCUT2D eigenvalue weighted by molar-refractivity contribution is 6.05. The van der Waals surface area contributed by atoms with Gasteiger partial charge in [0.2, 0.25) is 11.8 Å². The van der Waals surface area contributed by atoms with E-state index in [1.165, 1.54) is 11.9 Å². The summed E-state index contributed by atoms with van der Waals surface area (Å²) in [5.74, 6) is -0.205. The summed E-state index contributed by atoms with van der Waals surface area (Å²) < 4.78 is 0. The highest BCUT2D eigenvalue weighted by Crippen LogP contribution is 2.10. The van der Waals surface area contributed by atoms with Crippen molar-refractivity contribution < 1.29 is 9.59 Å². The first kappa shape index (κ1) is 14.1. The van der Waals surface area contributed by atoms with Crippen molar-refractivity contribution in [2.24, 2.45) is 0 Å². The van der Waals surface area contributed by atoms with E-state index in [1.807, 2.05) is 0 Å². The molecule has 1 fully saturated rings. The molecule has 0 saturated carbocycles. The molecule has 0 aliphatic carbocycles. The molecule has 1 rings (SSSR count). The molecule has 2 amide bonds. The Labute approximate surface area is 103 Å². The summed E-state index contributed by atoms with van der Waals surface area (Å²) in [6, 6.07) is 0.221. The van der Waals surface area contributed by atoms with Crippen LogP contribution in [0.1, 0.15) is 26.7 Å². The number of hydrogen-bond donors (Lipinski definition) is 1. The Kier molecular flexibility index (Phi) is 5.08. The molecule has 1 aliphatic heterocycles. The molecule has 98 valence electrons. The molecule has 0 aromatic carbocycles. The zero-order chi connectivity index (χ0) is 13.0. The van der Waals surface area contributed by atoms with Gasteiger partial charge in [0, 0.05) is 26.2 Å². The van der Waals surface area contributed by atoms with E-state index in [4.69, 9.17) is 0 Å². The lowest BCUT2D eigenvalue weighted by atomic mass is 10.2. The maximum absolute atomic E-state index is 11.6. The fraction of sp³-hybridized carbons (Fsp3) is 0.833. The Morgan fingerprint density at radius 1 is 1.53 bits per heavy atom. The molecule has 0 spiro atoms. The van der Waals surface area contributed by atoms with Gasteiger partial charge in [-0.3, -0.25) is 14.5 Å². The fourth-order valence-corrected chi connectivity index (χ4v) is 1.86. The first-order chi connectivity index (χ1) is 7.97. The number of imide groups is 1. The topological polar surface area (TPSA) is 52.7 Å². The van der Waals surface area contributed by atoms with Crippen molar-refractivity contribution in [3.63, 3.8) is 0 Å². The van der Waals surface area contributed by atoms with Crippen molar-refractivity contribution >= 4 is 11.8 Å². The number of carbonyl (C=O) groups is 2. The number of nitrogens with zero attached hydrogens (tertiary/aromatic N) is 2. The van der Waals surface area contributed by atoms with E-state index in [2.05, 4.69) is 31.1 Å². The summed E-state index contributed by atoms with van der Waals surface area (Å²) in [6.45, 7) is 5.95. The summed E-state index contributed by atoms with van der Waals surface area (Å²) in [4.78, 5) is 26.4. The van der Waals surface area contributed by atoms with Gasteiger partial charge in [-0.15, -0.1) is 0 Å². The van der Waals surface area contributed by atoms with Crippen LogP contribution in [-0.2, 0) is 9.59 Å². The number of amides is 2. The van der Waals surface area contributed by atoms with Crippen LogP contribution in [0.15, 0.2) is 0 Å². The number of carbonyl (C=O) groups excluding carboxylic acids is 2. The average Bonchev–Trinajstić information content (AvgIpc) is 2.56. The molecule has 2 unspecified atom stereocenters. The van der Waals surface area contributed by atoms with Gasteiger partial charge < -0.3 is 10.2 Å². The van der Waals surface area contributed by atoms with Crippen LogP contribution in [0.2, 0.25) is 0 Å². The van der Waals surface area contributed by atoms with Crippen molar-refractivity contribution in [3.05, 3.63) is 0 Å². The predicted molar refractivity (Wildman–Crippen MR) is 66.6 cm³/mol. The van der Waals surface area contributed by atoms with Crippen LogP contribution in [0.25, 0.3) is 0 Å². The van der Waals surface area contributed by atoms with Gasteiger partial charge in [-0.1, -0.05) is 6.92 Å². The SMILES string of the molecule is CCC(C)N(C)CCNC1CC(=O)N(C)C1=O. The zero-order valence-corrected chi connectivity index (χ0v) is 11.2. The van der Waals surface area contributed by atoms with E-state index in [0.29, 0.717) is 12.5 Å². The van der Waals surface area contributed by atoms with Crippen molar-refractivity contribution in [3.8, 4) is 0 Å².